The van der Waals surface area contributed by atoms with E-state index in [9.17, 15) is 4.79 Å². The Balaban J connectivity index is 1.52. The lowest BCUT2D eigenvalue weighted by molar-refractivity contribution is 0.275. The zero-order chi connectivity index (χ0) is 18.8. The van der Waals surface area contributed by atoms with E-state index in [1.165, 1.54) is 5.56 Å². The van der Waals surface area contributed by atoms with Gasteiger partial charge in [0.25, 0.3) is 5.56 Å². The van der Waals surface area contributed by atoms with Crippen LogP contribution in [0.25, 0.3) is 0 Å². The van der Waals surface area contributed by atoms with E-state index in [1.54, 1.807) is 4.57 Å². The van der Waals surface area contributed by atoms with Gasteiger partial charge in [-0.2, -0.15) is 5.26 Å². The summed E-state index contributed by atoms with van der Waals surface area (Å²) in [4.78, 5) is 15.2. The van der Waals surface area contributed by atoms with Gasteiger partial charge in [0.05, 0.1) is 18.2 Å². The molecule has 0 atom stereocenters. The van der Waals surface area contributed by atoms with Crippen molar-refractivity contribution in [3.8, 4) is 6.07 Å². The molecule has 1 aromatic heterocycles. The van der Waals surface area contributed by atoms with Crippen LogP contribution in [-0.2, 0) is 26.2 Å². The minimum absolute atomic E-state index is 0.0985. The second-order valence-electron chi connectivity index (χ2n) is 7.20. The Morgan fingerprint density at radius 1 is 1.00 bits per heavy atom. The van der Waals surface area contributed by atoms with Gasteiger partial charge in [0.2, 0.25) is 0 Å². The number of rotatable bonds is 4. The van der Waals surface area contributed by atoms with Crippen molar-refractivity contribution in [1.29, 1.82) is 5.26 Å². The Labute approximate surface area is 158 Å². The van der Waals surface area contributed by atoms with Gasteiger partial charge in [0.15, 0.2) is 0 Å². The van der Waals surface area contributed by atoms with Crippen LogP contribution in [0.2, 0.25) is 0 Å². The van der Waals surface area contributed by atoms with Gasteiger partial charge in [0.1, 0.15) is 0 Å². The van der Waals surface area contributed by atoms with E-state index in [4.69, 9.17) is 5.26 Å². The second kappa shape index (κ2) is 7.22. The Bertz CT molecular complexity index is 1070. The number of nitrogens with zero attached hydrogens (tertiary/aromatic N) is 3. The summed E-state index contributed by atoms with van der Waals surface area (Å²) in [6, 6.07) is 20.2. The third kappa shape index (κ3) is 3.69. The van der Waals surface area contributed by atoms with Crippen molar-refractivity contribution < 1.29 is 0 Å². The first kappa shape index (κ1) is 17.3. The molecule has 1 aliphatic rings. The molecule has 4 rings (SSSR count). The summed E-state index contributed by atoms with van der Waals surface area (Å²) < 4.78 is 1.79. The van der Waals surface area contributed by atoms with Gasteiger partial charge >= 0.3 is 0 Å². The van der Waals surface area contributed by atoms with Crippen molar-refractivity contribution in [1.82, 2.24) is 9.47 Å². The van der Waals surface area contributed by atoms with Crippen LogP contribution < -0.4 is 5.56 Å². The number of aryl methyl sites for hydroxylation is 1. The Morgan fingerprint density at radius 3 is 2.59 bits per heavy atom. The van der Waals surface area contributed by atoms with E-state index >= 15 is 0 Å². The van der Waals surface area contributed by atoms with Crippen molar-refractivity contribution in [2.24, 2.45) is 0 Å². The third-order valence-corrected chi connectivity index (χ3v) is 5.07. The highest BCUT2D eigenvalue weighted by Crippen LogP contribution is 2.22. The Morgan fingerprint density at radius 2 is 1.81 bits per heavy atom. The molecule has 0 aliphatic carbocycles. The monoisotopic (exact) mass is 355 g/mol. The summed E-state index contributed by atoms with van der Waals surface area (Å²) in [6.07, 6.45) is 1.90. The highest BCUT2D eigenvalue weighted by atomic mass is 16.1. The van der Waals surface area contributed by atoms with Crippen LogP contribution in [0.5, 0.6) is 0 Å². The lowest BCUT2D eigenvalue weighted by Crippen LogP contribution is -2.24. The smallest absolute Gasteiger partial charge is 0.255 e. The molecule has 0 unspecified atom stereocenters. The molecule has 2 aromatic carbocycles. The maximum atomic E-state index is 12.9. The molecule has 0 saturated carbocycles. The predicted molar refractivity (Wildman–Crippen MR) is 105 cm³/mol. The summed E-state index contributed by atoms with van der Waals surface area (Å²) in [5.41, 5.74) is 6.22. The standard InChI is InChI=1S/C23H21N3O/c1-17-5-7-18(8-6-17)14-26-10-9-21-15-25(16-22(21)23(26)27)13-20-4-2-3-19(11-20)12-24/h2-11H,13-16H2,1H3. The number of benzene rings is 2. The number of aromatic nitrogens is 1. The largest absolute Gasteiger partial charge is 0.311 e. The predicted octanol–water partition coefficient (Wildman–Crippen LogP) is 3.59. The molecule has 0 radical (unpaired) electrons. The first-order valence-electron chi connectivity index (χ1n) is 9.10. The fourth-order valence-corrected chi connectivity index (χ4v) is 3.62. The SMILES string of the molecule is Cc1ccc(Cn2ccc3c(c2=O)CN(Cc2cccc(C#N)c2)C3)cc1. The van der Waals surface area contributed by atoms with Crippen molar-refractivity contribution >= 4 is 0 Å². The minimum atomic E-state index is 0.0985. The van der Waals surface area contributed by atoms with Crippen molar-refractivity contribution in [3.05, 3.63) is 105 Å². The van der Waals surface area contributed by atoms with Gasteiger partial charge in [-0.3, -0.25) is 9.69 Å². The number of hydrogen-bond donors (Lipinski definition) is 0. The lowest BCUT2D eigenvalue weighted by Gasteiger charge is -2.14. The van der Waals surface area contributed by atoms with Gasteiger partial charge in [-0.1, -0.05) is 42.0 Å². The first-order valence-corrected chi connectivity index (χ1v) is 9.10. The maximum Gasteiger partial charge on any atom is 0.255 e. The Hall–Kier alpha value is -3.16. The molecule has 3 aromatic rings. The van der Waals surface area contributed by atoms with Crippen molar-refractivity contribution in [2.45, 2.75) is 33.1 Å². The summed E-state index contributed by atoms with van der Waals surface area (Å²) in [5, 5.41) is 9.06. The van der Waals surface area contributed by atoms with E-state index in [0.717, 1.165) is 35.3 Å². The van der Waals surface area contributed by atoms with Gasteiger partial charge < -0.3 is 4.57 Å². The number of pyridine rings is 1. The van der Waals surface area contributed by atoms with Gasteiger partial charge in [0, 0.05) is 31.4 Å². The molecular weight excluding hydrogens is 334 g/mol. The van der Waals surface area contributed by atoms with E-state index in [1.807, 2.05) is 30.5 Å². The molecule has 0 amide bonds. The number of nitriles is 1. The van der Waals surface area contributed by atoms with Crippen LogP contribution in [0.3, 0.4) is 0 Å². The highest BCUT2D eigenvalue weighted by Gasteiger charge is 2.22. The zero-order valence-corrected chi connectivity index (χ0v) is 15.4. The van der Waals surface area contributed by atoms with Crippen LogP contribution in [-0.4, -0.2) is 9.47 Å². The molecule has 0 saturated heterocycles. The molecule has 27 heavy (non-hydrogen) atoms. The molecule has 4 heteroatoms. The Kier molecular flexibility index (Phi) is 4.62. The van der Waals surface area contributed by atoms with Gasteiger partial charge in [-0.25, -0.2) is 0 Å². The molecular formula is C23H21N3O. The average molecular weight is 355 g/mol. The molecule has 2 heterocycles. The van der Waals surface area contributed by atoms with Crippen molar-refractivity contribution in [2.75, 3.05) is 0 Å². The third-order valence-electron chi connectivity index (χ3n) is 5.07. The van der Waals surface area contributed by atoms with Crippen LogP contribution in [0.15, 0.2) is 65.6 Å². The molecule has 0 fully saturated rings. The summed E-state index contributed by atoms with van der Waals surface area (Å²) in [7, 11) is 0. The van der Waals surface area contributed by atoms with Gasteiger partial charge in [-0.05, 0) is 41.8 Å². The molecule has 0 spiro atoms. The fraction of sp³-hybridized carbons (Fsp3) is 0.217. The second-order valence-corrected chi connectivity index (χ2v) is 7.20. The summed E-state index contributed by atoms with van der Waals surface area (Å²) in [6.45, 7) is 4.82. The van der Waals surface area contributed by atoms with Crippen LogP contribution in [0, 0.1) is 18.3 Å². The quantitative estimate of drug-likeness (QED) is 0.719. The summed E-state index contributed by atoms with van der Waals surface area (Å²) >= 11 is 0. The number of hydrogen-bond acceptors (Lipinski definition) is 3. The lowest BCUT2D eigenvalue weighted by atomic mass is 10.1. The topological polar surface area (TPSA) is 49.0 Å². The molecule has 0 N–H and O–H groups in total. The minimum Gasteiger partial charge on any atom is -0.311 e. The van der Waals surface area contributed by atoms with Crippen LogP contribution >= 0.6 is 0 Å². The fourth-order valence-electron chi connectivity index (χ4n) is 3.62. The van der Waals surface area contributed by atoms with E-state index in [2.05, 4.69) is 48.2 Å². The highest BCUT2D eigenvalue weighted by molar-refractivity contribution is 5.34. The van der Waals surface area contributed by atoms with E-state index in [0.29, 0.717) is 18.7 Å². The van der Waals surface area contributed by atoms with Crippen molar-refractivity contribution in [3.63, 3.8) is 0 Å². The molecule has 4 nitrogen and oxygen atoms in total. The van der Waals surface area contributed by atoms with Crippen LogP contribution in [0.1, 0.15) is 33.4 Å². The normalized spacial score (nSPS) is 13.3. The van der Waals surface area contributed by atoms with Gasteiger partial charge in [-0.15, -0.1) is 0 Å². The average Bonchev–Trinajstić information content (AvgIpc) is 3.09. The van der Waals surface area contributed by atoms with E-state index < -0.39 is 0 Å². The zero-order valence-electron chi connectivity index (χ0n) is 15.4. The molecule has 1 aliphatic heterocycles. The number of fused-ring (bicyclic) bond motifs is 1. The first-order chi connectivity index (χ1) is 13.1. The summed E-state index contributed by atoms with van der Waals surface area (Å²) in [5.74, 6) is 0. The van der Waals surface area contributed by atoms with E-state index in [-0.39, 0.29) is 5.56 Å². The maximum absolute atomic E-state index is 12.9. The van der Waals surface area contributed by atoms with Crippen LogP contribution in [0.4, 0.5) is 0 Å². The molecule has 0 bridgehead atoms. The molecule has 134 valence electrons.